The summed E-state index contributed by atoms with van der Waals surface area (Å²) < 4.78 is 6.52. The summed E-state index contributed by atoms with van der Waals surface area (Å²) in [5.74, 6) is 0.438. The van der Waals surface area contributed by atoms with Gasteiger partial charge in [0.2, 0.25) is 11.6 Å². The largest absolute Gasteiger partial charge is 0.463 e. The quantitative estimate of drug-likeness (QED) is 0.925. The molecule has 2 heterocycles. The molecule has 4 nitrogen and oxygen atoms in total. The fourth-order valence-corrected chi connectivity index (χ4v) is 3.90. The monoisotopic (exact) mass is 320 g/mol. The lowest BCUT2D eigenvalue weighted by Crippen LogP contribution is -2.61. The van der Waals surface area contributed by atoms with Crippen molar-refractivity contribution in [2.24, 2.45) is 5.73 Å². The predicted molar refractivity (Wildman–Crippen MR) is 94.8 cm³/mol. The zero-order valence-electron chi connectivity index (χ0n) is 13.8. The van der Waals surface area contributed by atoms with Gasteiger partial charge in [-0.1, -0.05) is 36.4 Å². The first-order chi connectivity index (χ1) is 11.5. The lowest BCUT2D eigenvalue weighted by Gasteiger charge is -2.46. The van der Waals surface area contributed by atoms with E-state index in [0.29, 0.717) is 0 Å². The minimum atomic E-state index is -0.778. The van der Waals surface area contributed by atoms with E-state index in [-0.39, 0.29) is 17.9 Å². The minimum absolute atomic E-state index is 0.104. The average Bonchev–Trinajstić information content (AvgIpc) is 2.74. The Labute approximate surface area is 141 Å². The first-order valence-electron chi connectivity index (χ1n) is 8.08. The van der Waals surface area contributed by atoms with Crippen LogP contribution in [0, 0.1) is 0 Å². The van der Waals surface area contributed by atoms with E-state index in [4.69, 9.17) is 10.5 Å². The minimum Gasteiger partial charge on any atom is -0.463 e. The Kier molecular flexibility index (Phi) is 3.01. The molecule has 0 aromatic heterocycles. The van der Waals surface area contributed by atoms with E-state index >= 15 is 0 Å². The molecule has 2 aliphatic rings. The Hall–Kier alpha value is -2.75. The lowest BCUT2D eigenvalue weighted by atomic mass is 9.76. The van der Waals surface area contributed by atoms with Gasteiger partial charge in [0.05, 0.1) is 5.41 Å². The van der Waals surface area contributed by atoms with Gasteiger partial charge in [-0.3, -0.25) is 4.79 Å². The third-order valence-electron chi connectivity index (χ3n) is 5.15. The molecule has 0 bridgehead atoms. The number of hydrogen-bond donors (Lipinski definition) is 1. The fraction of sp³-hybridized carbons (Fsp3) is 0.250. The SMILES string of the molecule is CC1(C)c2ccccc2N(CC(N)=O)[C@]12C=Cc1ccccc1O2. The molecular formula is C20H20N2O2. The van der Waals surface area contributed by atoms with Crippen molar-refractivity contribution in [3.8, 4) is 5.75 Å². The molecule has 24 heavy (non-hydrogen) atoms. The number of ether oxygens (including phenoxy) is 1. The van der Waals surface area contributed by atoms with Crippen LogP contribution >= 0.6 is 0 Å². The number of anilines is 1. The fourth-order valence-electron chi connectivity index (χ4n) is 3.90. The molecule has 0 saturated carbocycles. The number of fused-ring (bicyclic) bond motifs is 2. The standard InChI is InChI=1S/C20H20N2O2/c1-19(2)15-8-4-5-9-16(15)22(13-18(21)23)20(19)12-11-14-7-3-6-10-17(14)24-20/h3-12H,13H2,1-2H3,(H2,21,23)/t20-/m0/s1. The summed E-state index contributed by atoms with van der Waals surface area (Å²) in [6.45, 7) is 4.39. The summed E-state index contributed by atoms with van der Waals surface area (Å²) >= 11 is 0. The predicted octanol–water partition coefficient (Wildman–Crippen LogP) is 3.07. The Balaban J connectivity index is 1.92. The van der Waals surface area contributed by atoms with Crippen molar-refractivity contribution >= 4 is 17.7 Å². The van der Waals surface area contributed by atoms with Crippen LogP contribution in [0.1, 0.15) is 25.0 Å². The van der Waals surface area contributed by atoms with Crippen LogP contribution in [0.3, 0.4) is 0 Å². The second kappa shape index (κ2) is 4.87. The maximum absolute atomic E-state index is 11.7. The smallest absolute Gasteiger partial charge is 0.237 e. The summed E-state index contributed by atoms with van der Waals surface area (Å²) in [7, 11) is 0. The molecule has 1 atom stereocenters. The van der Waals surface area contributed by atoms with E-state index in [0.717, 1.165) is 22.6 Å². The van der Waals surface area contributed by atoms with E-state index in [1.54, 1.807) is 0 Å². The number of primary amides is 1. The molecule has 0 unspecified atom stereocenters. The first kappa shape index (κ1) is 14.8. The highest BCUT2D eigenvalue weighted by Crippen LogP contribution is 2.54. The van der Waals surface area contributed by atoms with Crippen LogP contribution in [-0.2, 0) is 10.2 Å². The van der Waals surface area contributed by atoms with Crippen molar-refractivity contribution in [3.63, 3.8) is 0 Å². The molecule has 122 valence electrons. The van der Waals surface area contributed by atoms with Crippen molar-refractivity contribution in [1.82, 2.24) is 0 Å². The van der Waals surface area contributed by atoms with Gasteiger partial charge < -0.3 is 15.4 Å². The van der Waals surface area contributed by atoms with Gasteiger partial charge >= 0.3 is 0 Å². The van der Waals surface area contributed by atoms with Crippen molar-refractivity contribution in [2.45, 2.75) is 25.0 Å². The summed E-state index contributed by atoms with van der Waals surface area (Å²) in [5, 5.41) is 0. The molecule has 4 rings (SSSR count). The molecule has 2 N–H and O–H groups in total. The number of nitrogens with zero attached hydrogens (tertiary/aromatic N) is 1. The summed E-state index contributed by atoms with van der Waals surface area (Å²) in [5.41, 5.74) is 7.60. The van der Waals surface area contributed by atoms with Gasteiger partial charge in [-0.05, 0) is 43.7 Å². The van der Waals surface area contributed by atoms with Crippen molar-refractivity contribution in [1.29, 1.82) is 0 Å². The molecular weight excluding hydrogens is 300 g/mol. The molecule has 2 aliphatic heterocycles. The van der Waals surface area contributed by atoms with Crippen LogP contribution in [0.5, 0.6) is 5.75 Å². The summed E-state index contributed by atoms with van der Waals surface area (Å²) in [6.07, 6.45) is 4.12. The third kappa shape index (κ3) is 1.83. The van der Waals surface area contributed by atoms with Gasteiger partial charge in [-0.2, -0.15) is 0 Å². The van der Waals surface area contributed by atoms with Crippen LogP contribution < -0.4 is 15.4 Å². The Morgan fingerprint density at radius 2 is 1.83 bits per heavy atom. The molecule has 0 fully saturated rings. The highest BCUT2D eigenvalue weighted by Gasteiger charge is 2.58. The average molecular weight is 320 g/mol. The van der Waals surface area contributed by atoms with Gasteiger partial charge in [-0.15, -0.1) is 0 Å². The normalized spacial score (nSPS) is 22.8. The molecule has 2 aromatic rings. The molecule has 0 radical (unpaired) electrons. The van der Waals surface area contributed by atoms with E-state index in [9.17, 15) is 4.79 Å². The van der Waals surface area contributed by atoms with Crippen molar-refractivity contribution in [3.05, 3.63) is 65.7 Å². The maximum atomic E-state index is 11.7. The second-order valence-electron chi connectivity index (χ2n) is 6.86. The highest BCUT2D eigenvalue weighted by molar-refractivity contribution is 5.83. The molecule has 0 aliphatic carbocycles. The zero-order chi connectivity index (χ0) is 16.9. The number of nitrogens with two attached hydrogens (primary N) is 1. The van der Waals surface area contributed by atoms with E-state index in [1.165, 1.54) is 0 Å². The number of amides is 1. The lowest BCUT2D eigenvalue weighted by molar-refractivity contribution is -0.117. The van der Waals surface area contributed by atoms with Gasteiger partial charge in [0.1, 0.15) is 12.3 Å². The van der Waals surface area contributed by atoms with Crippen LogP contribution in [0.4, 0.5) is 5.69 Å². The third-order valence-corrected chi connectivity index (χ3v) is 5.15. The second-order valence-corrected chi connectivity index (χ2v) is 6.86. The van der Waals surface area contributed by atoms with Crippen molar-refractivity contribution < 1.29 is 9.53 Å². The van der Waals surface area contributed by atoms with Gasteiger partial charge in [0.15, 0.2) is 0 Å². The van der Waals surface area contributed by atoms with Gasteiger partial charge in [0, 0.05) is 11.3 Å². The van der Waals surface area contributed by atoms with Gasteiger partial charge in [0.25, 0.3) is 0 Å². The van der Waals surface area contributed by atoms with E-state index in [1.807, 2.05) is 47.4 Å². The van der Waals surface area contributed by atoms with Crippen LogP contribution in [-0.4, -0.2) is 18.2 Å². The number of rotatable bonds is 2. The molecule has 0 saturated heterocycles. The van der Waals surface area contributed by atoms with Gasteiger partial charge in [-0.25, -0.2) is 0 Å². The Bertz CT molecular complexity index is 856. The molecule has 1 amide bonds. The summed E-state index contributed by atoms with van der Waals surface area (Å²) in [6, 6.07) is 16.0. The topological polar surface area (TPSA) is 55.6 Å². The number of carbonyl (C=O) groups is 1. The summed E-state index contributed by atoms with van der Waals surface area (Å²) in [4.78, 5) is 13.7. The van der Waals surface area contributed by atoms with E-state index in [2.05, 4.69) is 32.1 Å². The number of hydrogen-bond acceptors (Lipinski definition) is 3. The van der Waals surface area contributed by atoms with Crippen LogP contribution in [0.15, 0.2) is 54.6 Å². The molecule has 4 heteroatoms. The number of para-hydroxylation sites is 2. The Morgan fingerprint density at radius 3 is 2.62 bits per heavy atom. The molecule has 1 spiro atoms. The Morgan fingerprint density at radius 1 is 1.12 bits per heavy atom. The number of carbonyl (C=O) groups excluding carboxylic acids is 1. The van der Waals surface area contributed by atoms with Crippen LogP contribution in [0.2, 0.25) is 0 Å². The van der Waals surface area contributed by atoms with Crippen LogP contribution in [0.25, 0.3) is 6.08 Å². The highest BCUT2D eigenvalue weighted by atomic mass is 16.5. The van der Waals surface area contributed by atoms with Crippen molar-refractivity contribution in [2.75, 3.05) is 11.4 Å². The molecule has 2 aromatic carbocycles. The first-order valence-corrected chi connectivity index (χ1v) is 8.08. The zero-order valence-corrected chi connectivity index (χ0v) is 13.8. The van der Waals surface area contributed by atoms with E-state index < -0.39 is 5.72 Å². The maximum Gasteiger partial charge on any atom is 0.237 e. The number of benzene rings is 2.